The van der Waals surface area contributed by atoms with Gasteiger partial charge in [0.15, 0.2) is 0 Å². The maximum absolute atomic E-state index is 10.9. The van der Waals surface area contributed by atoms with Gasteiger partial charge in [0.2, 0.25) is 0 Å². The van der Waals surface area contributed by atoms with Crippen LogP contribution in [0.5, 0.6) is 11.5 Å². The Balaban J connectivity index is 2.22. The van der Waals surface area contributed by atoms with E-state index in [1.54, 1.807) is 24.5 Å². The number of nitrogens with zero attached hydrogens (tertiary/aromatic N) is 2. The first-order chi connectivity index (χ1) is 10.1. The summed E-state index contributed by atoms with van der Waals surface area (Å²) >= 11 is 3.20. The topological polar surface area (TPSA) is 77.3 Å². The molecule has 0 amide bonds. The van der Waals surface area contributed by atoms with E-state index in [1.807, 2.05) is 13.0 Å². The molecule has 2 rings (SSSR count). The van der Waals surface area contributed by atoms with E-state index in [0.717, 1.165) is 12.1 Å². The largest absolute Gasteiger partial charge is 0.454 e. The van der Waals surface area contributed by atoms with Crippen LogP contribution < -0.4 is 10.1 Å². The molecule has 0 aliphatic rings. The van der Waals surface area contributed by atoms with E-state index in [4.69, 9.17) is 4.74 Å². The summed E-state index contributed by atoms with van der Waals surface area (Å²) in [6.07, 6.45) is 3.32. The van der Waals surface area contributed by atoms with Crippen molar-refractivity contribution in [1.29, 1.82) is 0 Å². The molecule has 6 nitrogen and oxygen atoms in total. The molecule has 0 spiro atoms. The molecule has 0 aliphatic carbocycles. The third-order valence-electron chi connectivity index (χ3n) is 2.72. The van der Waals surface area contributed by atoms with Crippen molar-refractivity contribution in [2.45, 2.75) is 13.5 Å². The average molecular weight is 352 g/mol. The summed E-state index contributed by atoms with van der Waals surface area (Å²) < 4.78 is 5.99. The normalized spacial score (nSPS) is 10.4. The number of aromatic nitrogens is 1. The molecule has 0 bridgehead atoms. The monoisotopic (exact) mass is 351 g/mol. The van der Waals surface area contributed by atoms with Crippen molar-refractivity contribution in [3.05, 3.63) is 56.8 Å². The maximum Gasteiger partial charge on any atom is 0.287 e. The number of halogens is 1. The summed E-state index contributed by atoms with van der Waals surface area (Å²) in [7, 11) is 0. The number of hydrogen-bond donors (Lipinski definition) is 1. The Bertz CT molecular complexity index is 649. The zero-order valence-corrected chi connectivity index (χ0v) is 13.0. The second kappa shape index (κ2) is 7.14. The van der Waals surface area contributed by atoms with Gasteiger partial charge in [-0.15, -0.1) is 0 Å². The van der Waals surface area contributed by atoms with Crippen molar-refractivity contribution >= 4 is 21.6 Å². The minimum atomic E-state index is -0.462. The first kappa shape index (κ1) is 15.4. The molecule has 0 fully saturated rings. The summed E-state index contributed by atoms with van der Waals surface area (Å²) in [5, 5.41) is 14.1. The third kappa shape index (κ3) is 3.99. The summed E-state index contributed by atoms with van der Waals surface area (Å²) in [4.78, 5) is 14.5. The standard InChI is InChI=1S/C14H14BrN3O3/c1-2-16-7-10-6-11(9-17-8-10)21-13-5-3-4-12(14(13)15)18(19)20/h3-6,8-9,16H,2,7H2,1H3. The van der Waals surface area contributed by atoms with Crippen LogP contribution in [0, 0.1) is 10.1 Å². The van der Waals surface area contributed by atoms with Gasteiger partial charge in [0, 0.05) is 18.8 Å². The van der Waals surface area contributed by atoms with Gasteiger partial charge in [-0.2, -0.15) is 0 Å². The van der Waals surface area contributed by atoms with E-state index in [9.17, 15) is 10.1 Å². The van der Waals surface area contributed by atoms with Crippen molar-refractivity contribution in [3.8, 4) is 11.5 Å². The van der Waals surface area contributed by atoms with Crippen LogP contribution in [0.1, 0.15) is 12.5 Å². The van der Waals surface area contributed by atoms with Gasteiger partial charge >= 0.3 is 0 Å². The molecule has 0 aliphatic heterocycles. The third-order valence-corrected chi connectivity index (χ3v) is 3.51. The molecule has 1 aromatic heterocycles. The van der Waals surface area contributed by atoms with Gasteiger partial charge in [-0.05, 0) is 40.2 Å². The van der Waals surface area contributed by atoms with Gasteiger partial charge < -0.3 is 10.1 Å². The lowest BCUT2D eigenvalue weighted by Crippen LogP contribution is -2.11. The number of rotatable bonds is 6. The molecular formula is C14H14BrN3O3. The van der Waals surface area contributed by atoms with Crippen LogP contribution >= 0.6 is 15.9 Å². The molecule has 1 aromatic carbocycles. The van der Waals surface area contributed by atoms with Gasteiger partial charge in [-0.1, -0.05) is 13.0 Å². The molecule has 0 atom stereocenters. The highest BCUT2D eigenvalue weighted by Gasteiger charge is 2.16. The molecule has 0 radical (unpaired) electrons. The summed E-state index contributed by atoms with van der Waals surface area (Å²) in [5.41, 5.74) is 0.945. The van der Waals surface area contributed by atoms with Crippen LogP contribution in [0.2, 0.25) is 0 Å². The summed E-state index contributed by atoms with van der Waals surface area (Å²) in [6.45, 7) is 3.58. The number of nitro groups is 1. The minimum Gasteiger partial charge on any atom is -0.454 e. The van der Waals surface area contributed by atoms with E-state index in [1.165, 1.54) is 6.07 Å². The van der Waals surface area contributed by atoms with Gasteiger partial charge in [0.1, 0.15) is 16.0 Å². The predicted octanol–water partition coefficient (Wildman–Crippen LogP) is 3.65. The number of nitrogens with one attached hydrogen (secondary N) is 1. The first-order valence-corrected chi connectivity index (χ1v) is 7.16. The van der Waals surface area contributed by atoms with Crippen LogP contribution in [-0.4, -0.2) is 16.5 Å². The van der Waals surface area contributed by atoms with Crippen LogP contribution in [0.15, 0.2) is 41.1 Å². The molecule has 0 saturated heterocycles. The maximum atomic E-state index is 10.9. The average Bonchev–Trinajstić information content (AvgIpc) is 2.47. The second-order valence-electron chi connectivity index (χ2n) is 4.26. The van der Waals surface area contributed by atoms with Crippen molar-refractivity contribution in [2.24, 2.45) is 0 Å². The molecular weight excluding hydrogens is 338 g/mol. The van der Waals surface area contributed by atoms with Crippen LogP contribution in [0.4, 0.5) is 5.69 Å². The molecule has 1 heterocycles. The Morgan fingerprint density at radius 1 is 1.43 bits per heavy atom. The molecule has 2 aromatic rings. The quantitative estimate of drug-likeness (QED) is 0.634. The highest BCUT2D eigenvalue weighted by atomic mass is 79.9. The van der Waals surface area contributed by atoms with Crippen molar-refractivity contribution in [1.82, 2.24) is 10.3 Å². The molecule has 0 saturated carbocycles. The van der Waals surface area contributed by atoms with Crippen LogP contribution in [-0.2, 0) is 6.54 Å². The number of nitro benzene ring substituents is 1. The van der Waals surface area contributed by atoms with E-state index in [0.29, 0.717) is 22.5 Å². The van der Waals surface area contributed by atoms with E-state index < -0.39 is 4.92 Å². The number of benzene rings is 1. The Hall–Kier alpha value is -1.99. The Kier molecular flexibility index (Phi) is 5.24. The smallest absolute Gasteiger partial charge is 0.287 e. The van der Waals surface area contributed by atoms with E-state index >= 15 is 0 Å². The zero-order valence-electron chi connectivity index (χ0n) is 11.4. The Morgan fingerprint density at radius 2 is 2.24 bits per heavy atom. The second-order valence-corrected chi connectivity index (χ2v) is 5.05. The summed E-state index contributed by atoms with van der Waals surface area (Å²) in [5.74, 6) is 0.915. The SMILES string of the molecule is CCNCc1cncc(Oc2cccc([N+](=O)[O-])c2Br)c1. The summed E-state index contributed by atoms with van der Waals surface area (Å²) in [6, 6.07) is 6.50. The zero-order chi connectivity index (χ0) is 15.2. The molecule has 7 heteroatoms. The molecule has 0 unspecified atom stereocenters. The van der Waals surface area contributed by atoms with Crippen LogP contribution in [0.25, 0.3) is 0 Å². The fourth-order valence-corrected chi connectivity index (χ4v) is 2.22. The van der Waals surface area contributed by atoms with E-state index in [2.05, 4.69) is 26.2 Å². The van der Waals surface area contributed by atoms with Gasteiger partial charge in [0.25, 0.3) is 5.69 Å². The van der Waals surface area contributed by atoms with Gasteiger partial charge in [-0.25, -0.2) is 0 Å². The lowest BCUT2D eigenvalue weighted by Gasteiger charge is -2.09. The molecule has 1 N–H and O–H groups in total. The predicted molar refractivity (Wildman–Crippen MR) is 82.5 cm³/mol. The van der Waals surface area contributed by atoms with Crippen molar-refractivity contribution < 1.29 is 9.66 Å². The lowest BCUT2D eigenvalue weighted by atomic mass is 10.2. The first-order valence-electron chi connectivity index (χ1n) is 6.37. The van der Waals surface area contributed by atoms with Gasteiger partial charge in [0.05, 0.1) is 11.1 Å². The number of ether oxygens (including phenoxy) is 1. The fraction of sp³-hybridized carbons (Fsp3) is 0.214. The molecule has 21 heavy (non-hydrogen) atoms. The highest BCUT2D eigenvalue weighted by Crippen LogP contribution is 2.36. The minimum absolute atomic E-state index is 0.0377. The van der Waals surface area contributed by atoms with Crippen LogP contribution in [0.3, 0.4) is 0 Å². The lowest BCUT2D eigenvalue weighted by molar-refractivity contribution is -0.385. The Labute approximate surface area is 130 Å². The van der Waals surface area contributed by atoms with Crippen molar-refractivity contribution in [3.63, 3.8) is 0 Å². The van der Waals surface area contributed by atoms with Gasteiger partial charge in [-0.3, -0.25) is 15.1 Å². The highest BCUT2D eigenvalue weighted by molar-refractivity contribution is 9.10. The number of pyridine rings is 1. The fourth-order valence-electron chi connectivity index (χ4n) is 1.73. The Morgan fingerprint density at radius 3 is 2.95 bits per heavy atom. The van der Waals surface area contributed by atoms with E-state index in [-0.39, 0.29) is 5.69 Å². The number of hydrogen-bond acceptors (Lipinski definition) is 5. The molecule has 110 valence electrons. The van der Waals surface area contributed by atoms with Crippen molar-refractivity contribution in [2.75, 3.05) is 6.54 Å².